The summed E-state index contributed by atoms with van der Waals surface area (Å²) in [4.78, 5) is 16.6. The zero-order valence-electron chi connectivity index (χ0n) is 12.9. The van der Waals surface area contributed by atoms with Crippen LogP contribution in [0.15, 0.2) is 24.3 Å². The molecule has 0 spiro atoms. The molecule has 1 aromatic rings. The van der Waals surface area contributed by atoms with Crippen LogP contribution >= 0.6 is 0 Å². The van der Waals surface area contributed by atoms with E-state index in [0.29, 0.717) is 11.3 Å². The molecule has 112 valence electrons. The molecular weight excluding hydrogens is 250 g/mol. The Labute approximate surface area is 122 Å². The number of carbonyl (C=O) groups excluding carboxylic acids is 1. The van der Waals surface area contributed by atoms with Crippen molar-refractivity contribution in [1.29, 1.82) is 0 Å². The summed E-state index contributed by atoms with van der Waals surface area (Å²) in [6.07, 6.45) is 1.01. The van der Waals surface area contributed by atoms with Gasteiger partial charge in [-0.05, 0) is 57.2 Å². The molecule has 2 N–H and O–H groups in total. The maximum absolute atomic E-state index is 12.4. The van der Waals surface area contributed by atoms with Gasteiger partial charge in [0.1, 0.15) is 0 Å². The van der Waals surface area contributed by atoms with Crippen molar-refractivity contribution in [2.45, 2.75) is 27.2 Å². The van der Waals surface area contributed by atoms with Crippen LogP contribution in [0.4, 0.5) is 5.69 Å². The molecule has 1 aromatic carbocycles. The van der Waals surface area contributed by atoms with E-state index in [2.05, 4.69) is 18.7 Å². The molecule has 1 amide bonds. The Morgan fingerprint density at radius 2 is 1.60 bits per heavy atom. The highest BCUT2D eigenvalue weighted by molar-refractivity contribution is 5.94. The van der Waals surface area contributed by atoms with Crippen LogP contribution in [0.5, 0.6) is 0 Å². The standard InChI is InChI=1S/C16H27N3O/c1-4-18(5-2)12-7-13-19(6-3)16(20)14-8-10-15(17)11-9-14/h8-11H,4-7,12-13,17H2,1-3H3. The van der Waals surface area contributed by atoms with E-state index in [1.54, 1.807) is 24.3 Å². The molecule has 0 fully saturated rings. The van der Waals surface area contributed by atoms with Gasteiger partial charge in [0.15, 0.2) is 0 Å². The summed E-state index contributed by atoms with van der Waals surface area (Å²) in [6.45, 7) is 11.1. The summed E-state index contributed by atoms with van der Waals surface area (Å²) in [5.41, 5.74) is 7.05. The van der Waals surface area contributed by atoms with Crippen molar-refractivity contribution in [1.82, 2.24) is 9.80 Å². The highest BCUT2D eigenvalue weighted by Crippen LogP contribution is 2.09. The zero-order chi connectivity index (χ0) is 15.0. The molecule has 0 radical (unpaired) electrons. The molecule has 0 heterocycles. The van der Waals surface area contributed by atoms with Crippen LogP contribution in [-0.4, -0.2) is 48.4 Å². The highest BCUT2D eigenvalue weighted by Gasteiger charge is 2.13. The lowest BCUT2D eigenvalue weighted by Gasteiger charge is -2.23. The second kappa shape index (κ2) is 8.59. The molecule has 0 saturated carbocycles. The normalized spacial score (nSPS) is 10.8. The maximum Gasteiger partial charge on any atom is 0.253 e. The van der Waals surface area contributed by atoms with Gasteiger partial charge in [-0.25, -0.2) is 0 Å². The maximum atomic E-state index is 12.4. The summed E-state index contributed by atoms with van der Waals surface area (Å²) < 4.78 is 0. The molecule has 0 bridgehead atoms. The van der Waals surface area contributed by atoms with Crippen molar-refractivity contribution in [2.75, 3.05) is 38.5 Å². The number of amides is 1. The van der Waals surface area contributed by atoms with Gasteiger partial charge in [-0.3, -0.25) is 4.79 Å². The number of hydrogen-bond donors (Lipinski definition) is 1. The second-order valence-electron chi connectivity index (χ2n) is 4.89. The van der Waals surface area contributed by atoms with Gasteiger partial charge in [0.05, 0.1) is 0 Å². The molecule has 4 heteroatoms. The van der Waals surface area contributed by atoms with E-state index in [1.165, 1.54) is 0 Å². The molecule has 0 aromatic heterocycles. The van der Waals surface area contributed by atoms with Gasteiger partial charge in [-0.15, -0.1) is 0 Å². The van der Waals surface area contributed by atoms with Gasteiger partial charge in [0.2, 0.25) is 0 Å². The third-order valence-electron chi connectivity index (χ3n) is 3.62. The second-order valence-corrected chi connectivity index (χ2v) is 4.89. The average Bonchev–Trinajstić information content (AvgIpc) is 2.48. The van der Waals surface area contributed by atoms with Gasteiger partial charge in [0, 0.05) is 24.3 Å². The Kier molecular flexibility index (Phi) is 7.09. The van der Waals surface area contributed by atoms with Crippen molar-refractivity contribution < 1.29 is 4.79 Å². The number of rotatable bonds is 8. The molecule has 0 saturated heterocycles. The first-order valence-electron chi connectivity index (χ1n) is 7.49. The van der Waals surface area contributed by atoms with Gasteiger partial charge < -0.3 is 15.5 Å². The molecule has 0 aliphatic heterocycles. The van der Waals surface area contributed by atoms with Crippen LogP contribution in [-0.2, 0) is 0 Å². The van der Waals surface area contributed by atoms with Gasteiger partial charge in [0.25, 0.3) is 5.91 Å². The van der Waals surface area contributed by atoms with E-state index in [-0.39, 0.29) is 5.91 Å². The summed E-state index contributed by atoms with van der Waals surface area (Å²) >= 11 is 0. The van der Waals surface area contributed by atoms with Gasteiger partial charge in [-0.2, -0.15) is 0 Å². The quantitative estimate of drug-likeness (QED) is 0.743. The van der Waals surface area contributed by atoms with E-state index in [1.807, 2.05) is 11.8 Å². The topological polar surface area (TPSA) is 49.6 Å². The summed E-state index contributed by atoms with van der Waals surface area (Å²) in [5, 5.41) is 0. The predicted octanol–water partition coefficient (Wildman–Crippen LogP) is 2.46. The number of anilines is 1. The largest absolute Gasteiger partial charge is 0.399 e. The summed E-state index contributed by atoms with van der Waals surface area (Å²) in [7, 11) is 0. The number of nitrogen functional groups attached to an aromatic ring is 1. The SMILES string of the molecule is CCN(CC)CCCN(CC)C(=O)c1ccc(N)cc1. The highest BCUT2D eigenvalue weighted by atomic mass is 16.2. The zero-order valence-corrected chi connectivity index (χ0v) is 12.9. The van der Waals surface area contributed by atoms with Crippen LogP contribution in [0.3, 0.4) is 0 Å². The van der Waals surface area contributed by atoms with Crippen molar-refractivity contribution in [2.24, 2.45) is 0 Å². The summed E-state index contributed by atoms with van der Waals surface area (Å²) in [5.74, 6) is 0.0899. The van der Waals surface area contributed by atoms with Crippen LogP contribution in [0.2, 0.25) is 0 Å². The Hall–Kier alpha value is -1.55. The number of carbonyl (C=O) groups is 1. The predicted molar refractivity (Wildman–Crippen MR) is 84.8 cm³/mol. The third kappa shape index (κ3) is 4.85. The smallest absolute Gasteiger partial charge is 0.253 e. The van der Waals surface area contributed by atoms with Crippen LogP contribution in [0.1, 0.15) is 37.6 Å². The molecule has 0 aliphatic carbocycles. The summed E-state index contributed by atoms with van der Waals surface area (Å²) in [6, 6.07) is 7.14. The Morgan fingerprint density at radius 1 is 1.00 bits per heavy atom. The first-order valence-corrected chi connectivity index (χ1v) is 7.49. The van der Waals surface area contributed by atoms with Crippen molar-refractivity contribution >= 4 is 11.6 Å². The van der Waals surface area contributed by atoms with E-state index in [9.17, 15) is 4.79 Å². The van der Waals surface area contributed by atoms with Crippen LogP contribution < -0.4 is 5.73 Å². The minimum atomic E-state index is 0.0899. The Balaban J connectivity index is 2.53. The molecular formula is C16H27N3O. The minimum absolute atomic E-state index is 0.0899. The van der Waals surface area contributed by atoms with Gasteiger partial charge in [-0.1, -0.05) is 13.8 Å². The fourth-order valence-corrected chi connectivity index (χ4v) is 2.24. The van der Waals surface area contributed by atoms with Crippen LogP contribution in [0, 0.1) is 0 Å². The number of nitrogens with two attached hydrogens (primary N) is 1. The first-order chi connectivity index (χ1) is 9.62. The lowest BCUT2D eigenvalue weighted by molar-refractivity contribution is 0.0757. The molecule has 1 rings (SSSR count). The van der Waals surface area contributed by atoms with Crippen molar-refractivity contribution in [3.8, 4) is 0 Å². The number of benzene rings is 1. The fraction of sp³-hybridized carbons (Fsp3) is 0.562. The van der Waals surface area contributed by atoms with Crippen molar-refractivity contribution in [3.05, 3.63) is 29.8 Å². The first kappa shape index (κ1) is 16.5. The lowest BCUT2D eigenvalue weighted by Crippen LogP contribution is -2.34. The Morgan fingerprint density at radius 3 is 2.10 bits per heavy atom. The van der Waals surface area contributed by atoms with Crippen molar-refractivity contribution in [3.63, 3.8) is 0 Å². The van der Waals surface area contributed by atoms with Crippen LogP contribution in [0.25, 0.3) is 0 Å². The molecule has 0 atom stereocenters. The van der Waals surface area contributed by atoms with E-state index in [4.69, 9.17) is 5.73 Å². The lowest BCUT2D eigenvalue weighted by atomic mass is 10.1. The molecule has 4 nitrogen and oxygen atoms in total. The molecule has 0 aliphatic rings. The van der Waals surface area contributed by atoms with Gasteiger partial charge >= 0.3 is 0 Å². The third-order valence-corrected chi connectivity index (χ3v) is 3.62. The fourth-order valence-electron chi connectivity index (χ4n) is 2.24. The number of nitrogens with zero attached hydrogens (tertiary/aromatic N) is 2. The van der Waals surface area contributed by atoms with E-state index < -0.39 is 0 Å². The molecule has 0 unspecified atom stereocenters. The number of hydrogen-bond acceptors (Lipinski definition) is 3. The monoisotopic (exact) mass is 277 g/mol. The van der Waals surface area contributed by atoms with E-state index in [0.717, 1.165) is 39.1 Å². The van der Waals surface area contributed by atoms with E-state index >= 15 is 0 Å². The minimum Gasteiger partial charge on any atom is -0.399 e. The molecule has 20 heavy (non-hydrogen) atoms. The Bertz CT molecular complexity index is 399. The average molecular weight is 277 g/mol.